The monoisotopic (exact) mass is 371 g/mol. The summed E-state index contributed by atoms with van der Waals surface area (Å²) >= 11 is 5.81. The van der Waals surface area contributed by atoms with Gasteiger partial charge in [0.1, 0.15) is 11.8 Å². The van der Waals surface area contributed by atoms with E-state index in [1.807, 2.05) is 31.2 Å². The van der Waals surface area contributed by atoms with E-state index in [1.165, 1.54) is 0 Å². The average molecular weight is 372 g/mol. The summed E-state index contributed by atoms with van der Waals surface area (Å²) in [5.41, 5.74) is 2.01. The zero-order valence-electron chi connectivity index (χ0n) is 14.4. The quantitative estimate of drug-likeness (QED) is 0.709. The maximum absolute atomic E-state index is 12.0. The first-order chi connectivity index (χ1) is 12.5. The second-order valence-electron chi connectivity index (χ2n) is 5.85. The molecule has 7 heteroatoms. The Morgan fingerprint density at radius 1 is 1.19 bits per heavy atom. The first-order valence-corrected chi connectivity index (χ1v) is 8.47. The third kappa shape index (κ3) is 4.61. The van der Waals surface area contributed by atoms with Gasteiger partial charge in [0.15, 0.2) is 6.61 Å². The highest BCUT2D eigenvalue weighted by molar-refractivity contribution is 6.30. The lowest BCUT2D eigenvalue weighted by atomic mass is 10.1. The zero-order chi connectivity index (χ0) is 18.5. The summed E-state index contributed by atoms with van der Waals surface area (Å²) < 4.78 is 10.7. The van der Waals surface area contributed by atoms with Crippen LogP contribution in [0.1, 0.15) is 24.4 Å². The number of benzene rings is 2. The van der Waals surface area contributed by atoms with Crippen molar-refractivity contribution in [3.63, 3.8) is 0 Å². The SMILES string of the molecule is Cc1ccc(-c2noc([C@H](C)NC(=O)COc3ccc(Cl)cc3)n2)cc1. The number of ether oxygens (including phenoxy) is 1. The predicted molar refractivity (Wildman–Crippen MR) is 98.0 cm³/mol. The van der Waals surface area contributed by atoms with E-state index in [0.717, 1.165) is 11.1 Å². The average Bonchev–Trinajstić information content (AvgIpc) is 3.12. The minimum absolute atomic E-state index is 0.120. The number of hydrogen-bond donors (Lipinski definition) is 1. The van der Waals surface area contributed by atoms with Crippen molar-refractivity contribution in [2.75, 3.05) is 6.61 Å². The van der Waals surface area contributed by atoms with Crippen LogP contribution < -0.4 is 10.1 Å². The number of carbonyl (C=O) groups is 1. The number of carbonyl (C=O) groups excluding carboxylic acids is 1. The largest absolute Gasteiger partial charge is 0.484 e. The number of nitrogens with zero attached hydrogens (tertiary/aromatic N) is 2. The maximum Gasteiger partial charge on any atom is 0.258 e. The fraction of sp³-hybridized carbons (Fsp3) is 0.211. The number of hydrogen-bond acceptors (Lipinski definition) is 5. The molecule has 0 saturated heterocycles. The van der Waals surface area contributed by atoms with Gasteiger partial charge in [0, 0.05) is 10.6 Å². The predicted octanol–water partition coefficient (Wildman–Crippen LogP) is 3.95. The summed E-state index contributed by atoms with van der Waals surface area (Å²) in [6, 6.07) is 14.2. The molecule has 0 fully saturated rings. The second-order valence-corrected chi connectivity index (χ2v) is 6.29. The molecule has 2 aromatic carbocycles. The van der Waals surface area contributed by atoms with Crippen LogP contribution in [-0.4, -0.2) is 22.7 Å². The Morgan fingerprint density at radius 3 is 2.58 bits per heavy atom. The fourth-order valence-corrected chi connectivity index (χ4v) is 2.38. The molecule has 1 aromatic heterocycles. The molecular formula is C19H18ClN3O3. The fourth-order valence-electron chi connectivity index (χ4n) is 2.26. The number of nitrogens with one attached hydrogen (secondary N) is 1. The molecule has 0 aliphatic carbocycles. The second kappa shape index (κ2) is 8.01. The molecule has 0 spiro atoms. The van der Waals surface area contributed by atoms with Crippen LogP contribution in [0.3, 0.4) is 0 Å². The van der Waals surface area contributed by atoms with Crippen molar-refractivity contribution in [2.45, 2.75) is 19.9 Å². The smallest absolute Gasteiger partial charge is 0.258 e. The maximum atomic E-state index is 12.0. The van der Waals surface area contributed by atoms with Crippen LogP contribution >= 0.6 is 11.6 Å². The van der Waals surface area contributed by atoms with Gasteiger partial charge in [-0.05, 0) is 38.1 Å². The first-order valence-electron chi connectivity index (χ1n) is 8.09. The molecule has 1 heterocycles. The van der Waals surface area contributed by atoms with Crippen molar-refractivity contribution >= 4 is 17.5 Å². The Hall–Kier alpha value is -2.86. The lowest BCUT2D eigenvalue weighted by Gasteiger charge is -2.10. The summed E-state index contributed by atoms with van der Waals surface area (Å²) in [6.07, 6.45) is 0. The van der Waals surface area contributed by atoms with Gasteiger partial charge < -0.3 is 14.6 Å². The summed E-state index contributed by atoms with van der Waals surface area (Å²) in [6.45, 7) is 3.66. The standard InChI is InChI=1S/C19H18ClN3O3/c1-12-3-5-14(6-4-12)18-22-19(26-23-18)13(2)21-17(24)11-25-16-9-7-15(20)8-10-16/h3-10,13H,11H2,1-2H3,(H,21,24)/t13-/m0/s1. The van der Waals surface area contributed by atoms with Gasteiger partial charge in [0.2, 0.25) is 11.7 Å². The van der Waals surface area contributed by atoms with E-state index in [9.17, 15) is 4.79 Å². The summed E-state index contributed by atoms with van der Waals surface area (Å²) in [5.74, 6) is 1.10. The molecule has 0 bridgehead atoms. The van der Waals surface area contributed by atoms with Gasteiger partial charge in [-0.15, -0.1) is 0 Å². The molecule has 134 valence electrons. The van der Waals surface area contributed by atoms with E-state index in [4.69, 9.17) is 20.9 Å². The molecule has 26 heavy (non-hydrogen) atoms. The van der Waals surface area contributed by atoms with Crippen LogP contribution in [0.15, 0.2) is 53.1 Å². The highest BCUT2D eigenvalue weighted by Gasteiger charge is 2.17. The van der Waals surface area contributed by atoms with Crippen molar-refractivity contribution < 1.29 is 14.1 Å². The molecule has 0 aliphatic rings. The minimum atomic E-state index is -0.428. The van der Waals surface area contributed by atoms with E-state index in [-0.39, 0.29) is 12.5 Å². The van der Waals surface area contributed by atoms with Crippen LogP contribution in [0.4, 0.5) is 0 Å². The molecule has 1 N–H and O–H groups in total. The minimum Gasteiger partial charge on any atom is -0.484 e. The van der Waals surface area contributed by atoms with Gasteiger partial charge >= 0.3 is 0 Å². The Labute approximate surface area is 156 Å². The highest BCUT2D eigenvalue weighted by atomic mass is 35.5. The van der Waals surface area contributed by atoms with Crippen LogP contribution in [-0.2, 0) is 4.79 Å². The summed E-state index contributed by atoms with van der Waals surface area (Å²) in [5, 5.41) is 7.34. The molecule has 1 amide bonds. The zero-order valence-corrected chi connectivity index (χ0v) is 15.2. The Kier molecular flexibility index (Phi) is 5.53. The van der Waals surface area contributed by atoms with Gasteiger partial charge in [-0.1, -0.05) is 46.6 Å². The molecule has 0 saturated carbocycles. The van der Waals surface area contributed by atoms with Gasteiger partial charge in [0.25, 0.3) is 5.91 Å². The van der Waals surface area contributed by atoms with Gasteiger partial charge in [-0.25, -0.2) is 0 Å². The van der Waals surface area contributed by atoms with Crippen LogP contribution in [0.2, 0.25) is 5.02 Å². The van der Waals surface area contributed by atoms with Crippen molar-refractivity contribution in [2.24, 2.45) is 0 Å². The number of aromatic nitrogens is 2. The Morgan fingerprint density at radius 2 is 1.88 bits per heavy atom. The number of amides is 1. The molecule has 0 aliphatic heterocycles. The van der Waals surface area contributed by atoms with Gasteiger partial charge in [-0.2, -0.15) is 4.98 Å². The summed E-state index contributed by atoms with van der Waals surface area (Å²) in [7, 11) is 0. The van der Waals surface area contributed by atoms with Crippen molar-refractivity contribution in [1.82, 2.24) is 15.5 Å². The first kappa shape index (κ1) is 17.9. The van der Waals surface area contributed by atoms with Crippen LogP contribution in [0, 0.1) is 6.92 Å². The van der Waals surface area contributed by atoms with Crippen LogP contribution in [0.25, 0.3) is 11.4 Å². The highest BCUT2D eigenvalue weighted by Crippen LogP contribution is 2.19. The van der Waals surface area contributed by atoms with E-state index < -0.39 is 6.04 Å². The Bertz CT molecular complexity index is 876. The molecule has 6 nitrogen and oxygen atoms in total. The van der Waals surface area contributed by atoms with E-state index in [1.54, 1.807) is 31.2 Å². The molecule has 1 atom stereocenters. The molecule has 0 unspecified atom stereocenters. The van der Waals surface area contributed by atoms with E-state index in [0.29, 0.717) is 22.5 Å². The summed E-state index contributed by atoms with van der Waals surface area (Å²) in [4.78, 5) is 16.4. The molecule has 0 radical (unpaired) electrons. The van der Waals surface area contributed by atoms with Gasteiger partial charge in [0.05, 0.1) is 0 Å². The Balaban J connectivity index is 1.55. The van der Waals surface area contributed by atoms with Crippen molar-refractivity contribution in [1.29, 1.82) is 0 Å². The van der Waals surface area contributed by atoms with E-state index >= 15 is 0 Å². The lowest BCUT2D eigenvalue weighted by Crippen LogP contribution is -2.31. The number of rotatable bonds is 6. The van der Waals surface area contributed by atoms with Gasteiger partial charge in [-0.3, -0.25) is 4.79 Å². The lowest BCUT2D eigenvalue weighted by molar-refractivity contribution is -0.123. The number of aryl methyl sites for hydroxylation is 1. The van der Waals surface area contributed by atoms with Crippen molar-refractivity contribution in [3.8, 4) is 17.1 Å². The van der Waals surface area contributed by atoms with E-state index in [2.05, 4.69) is 15.5 Å². The number of halogens is 1. The molecular weight excluding hydrogens is 354 g/mol. The topological polar surface area (TPSA) is 77.2 Å². The third-order valence-corrected chi connectivity index (χ3v) is 3.93. The van der Waals surface area contributed by atoms with Crippen molar-refractivity contribution in [3.05, 3.63) is 65.0 Å². The molecule has 3 rings (SSSR count). The normalized spacial score (nSPS) is 11.8. The molecule has 3 aromatic rings. The van der Waals surface area contributed by atoms with Crippen LogP contribution in [0.5, 0.6) is 5.75 Å². The third-order valence-electron chi connectivity index (χ3n) is 3.68.